The topological polar surface area (TPSA) is 34.2 Å². The molecule has 0 fully saturated rings. The van der Waals surface area contributed by atoms with Gasteiger partial charge >= 0.3 is 0 Å². The van der Waals surface area contributed by atoms with Gasteiger partial charge in [-0.3, -0.25) is 4.98 Å². The second-order valence-electron chi connectivity index (χ2n) is 5.16. The molecule has 1 heterocycles. The monoisotopic (exact) mass is 308 g/mol. The minimum absolute atomic E-state index is 0.0426. The number of hydrogen-bond donors (Lipinski definition) is 1. The highest BCUT2D eigenvalue weighted by Gasteiger charge is 2.11. The molecule has 2 rings (SSSR count). The van der Waals surface area contributed by atoms with Crippen LogP contribution in [-0.2, 0) is 6.54 Å². The van der Waals surface area contributed by atoms with Crippen LogP contribution in [-0.4, -0.2) is 11.5 Å². The smallest absolute Gasteiger partial charge is 0.184 e. The Morgan fingerprint density at radius 1 is 1.29 bits per heavy atom. The summed E-state index contributed by atoms with van der Waals surface area (Å²) in [6.07, 6.45) is 3.33. The first-order valence-electron chi connectivity index (χ1n) is 6.83. The first kappa shape index (κ1) is 15.7. The third-order valence-electron chi connectivity index (χ3n) is 2.86. The van der Waals surface area contributed by atoms with Crippen molar-refractivity contribution in [2.75, 3.05) is 6.54 Å². The number of ether oxygens (including phenoxy) is 1. The number of benzene rings is 1. The van der Waals surface area contributed by atoms with Gasteiger partial charge in [0.25, 0.3) is 0 Å². The van der Waals surface area contributed by atoms with Crippen LogP contribution < -0.4 is 10.1 Å². The number of halogens is 2. The van der Waals surface area contributed by atoms with Crippen molar-refractivity contribution in [2.45, 2.75) is 20.4 Å². The van der Waals surface area contributed by atoms with E-state index in [1.807, 2.05) is 0 Å². The van der Waals surface area contributed by atoms with Crippen LogP contribution in [0.2, 0.25) is 5.02 Å². The summed E-state index contributed by atoms with van der Waals surface area (Å²) in [5, 5.41) is 3.36. The Hall–Kier alpha value is -1.65. The Balaban J connectivity index is 2.14. The Kier molecular flexibility index (Phi) is 5.53. The van der Waals surface area contributed by atoms with Crippen molar-refractivity contribution >= 4 is 11.6 Å². The molecule has 0 spiro atoms. The number of pyridine rings is 1. The van der Waals surface area contributed by atoms with Gasteiger partial charge in [-0.05, 0) is 30.7 Å². The van der Waals surface area contributed by atoms with Gasteiger partial charge in [0.05, 0.1) is 5.02 Å². The molecule has 1 aromatic heterocycles. The zero-order valence-electron chi connectivity index (χ0n) is 12.1. The van der Waals surface area contributed by atoms with Crippen LogP contribution in [0.3, 0.4) is 0 Å². The molecule has 21 heavy (non-hydrogen) atoms. The number of rotatable bonds is 6. The van der Waals surface area contributed by atoms with E-state index < -0.39 is 5.82 Å². The zero-order chi connectivity index (χ0) is 15.2. The van der Waals surface area contributed by atoms with E-state index in [1.54, 1.807) is 30.6 Å². The van der Waals surface area contributed by atoms with Crippen LogP contribution in [0.4, 0.5) is 4.39 Å². The molecule has 5 heteroatoms. The fourth-order valence-electron chi connectivity index (χ4n) is 1.82. The average molecular weight is 309 g/mol. The summed E-state index contributed by atoms with van der Waals surface area (Å²) in [6.45, 7) is 5.77. The summed E-state index contributed by atoms with van der Waals surface area (Å²) >= 11 is 5.76. The lowest BCUT2D eigenvalue weighted by Crippen LogP contribution is -2.19. The predicted octanol–water partition coefficient (Wildman–Crippen LogP) is 4.41. The van der Waals surface area contributed by atoms with Gasteiger partial charge in [-0.25, -0.2) is 4.39 Å². The van der Waals surface area contributed by atoms with Crippen LogP contribution in [0, 0.1) is 11.7 Å². The van der Waals surface area contributed by atoms with Crippen molar-refractivity contribution in [1.29, 1.82) is 0 Å². The quantitative estimate of drug-likeness (QED) is 0.858. The minimum atomic E-state index is -0.558. The van der Waals surface area contributed by atoms with E-state index in [0.717, 1.165) is 12.1 Å². The highest BCUT2D eigenvalue weighted by Crippen LogP contribution is 2.30. The van der Waals surface area contributed by atoms with E-state index in [2.05, 4.69) is 24.1 Å². The molecule has 0 unspecified atom stereocenters. The molecule has 0 aliphatic rings. The SMILES string of the molecule is CC(C)CNCc1cnccc1Oc1cccc(Cl)c1F. The molecule has 2 aromatic rings. The molecule has 0 aliphatic heterocycles. The number of aromatic nitrogens is 1. The molecule has 3 nitrogen and oxygen atoms in total. The summed E-state index contributed by atoms with van der Waals surface area (Å²) in [5.41, 5.74) is 0.873. The van der Waals surface area contributed by atoms with Crippen LogP contribution >= 0.6 is 11.6 Å². The Labute approximate surface area is 129 Å². The molecule has 1 N–H and O–H groups in total. The third-order valence-corrected chi connectivity index (χ3v) is 3.15. The second kappa shape index (κ2) is 7.38. The lowest BCUT2D eigenvalue weighted by molar-refractivity contribution is 0.433. The van der Waals surface area contributed by atoms with Gasteiger partial charge in [0.1, 0.15) is 5.75 Å². The van der Waals surface area contributed by atoms with E-state index in [0.29, 0.717) is 18.2 Å². The lowest BCUT2D eigenvalue weighted by Gasteiger charge is -2.13. The van der Waals surface area contributed by atoms with Crippen LogP contribution in [0.5, 0.6) is 11.5 Å². The van der Waals surface area contributed by atoms with Gasteiger partial charge in [0.15, 0.2) is 11.6 Å². The highest BCUT2D eigenvalue weighted by molar-refractivity contribution is 6.30. The molecule has 0 bridgehead atoms. The number of nitrogens with zero attached hydrogens (tertiary/aromatic N) is 1. The summed E-state index contributed by atoms with van der Waals surface area (Å²) in [5.74, 6) is 0.676. The third kappa shape index (κ3) is 4.41. The van der Waals surface area contributed by atoms with E-state index in [1.165, 1.54) is 6.07 Å². The van der Waals surface area contributed by atoms with Gasteiger partial charge in [-0.1, -0.05) is 31.5 Å². The first-order valence-corrected chi connectivity index (χ1v) is 7.21. The van der Waals surface area contributed by atoms with E-state index in [-0.39, 0.29) is 10.8 Å². The number of hydrogen-bond acceptors (Lipinski definition) is 3. The molecule has 0 aliphatic carbocycles. The van der Waals surface area contributed by atoms with Gasteiger partial charge in [-0.15, -0.1) is 0 Å². The molecule has 0 saturated carbocycles. The maximum absolute atomic E-state index is 13.9. The van der Waals surface area contributed by atoms with Gasteiger partial charge in [0, 0.05) is 24.5 Å². The van der Waals surface area contributed by atoms with E-state index in [9.17, 15) is 4.39 Å². The summed E-state index contributed by atoms with van der Waals surface area (Å²) in [6, 6.07) is 6.40. The van der Waals surface area contributed by atoms with Gasteiger partial charge in [-0.2, -0.15) is 0 Å². The largest absolute Gasteiger partial charge is 0.454 e. The zero-order valence-corrected chi connectivity index (χ0v) is 12.8. The van der Waals surface area contributed by atoms with Crippen molar-refractivity contribution < 1.29 is 9.13 Å². The Bertz CT molecular complexity index is 605. The normalized spacial score (nSPS) is 10.9. The van der Waals surface area contributed by atoms with Crippen molar-refractivity contribution in [3.63, 3.8) is 0 Å². The summed E-state index contributed by atoms with van der Waals surface area (Å²) < 4.78 is 19.5. The van der Waals surface area contributed by atoms with Crippen molar-refractivity contribution in [2.24, 2.45) is 5.92 Å². The molecular formula is C16H18ClFN2O. The average Bonchev–Trinajstić information content (AvgIpc) is 2.45. The van der Waals surface area contributed by atoms with Gasteiger partial charge in [0.2, 0.25) is 0 Å². The lowest BCUT2D eigenvalue weighted by atomic mass is 10.2. The molecule has 0 radical (unpaired) electrons. The molecular weight excluding hydrogens is 291 g/mol. The van der Waals surface area contributed by atoms with Crippen LogP contribution in [0.15, 0.2) is 36.7 Å². The van der Waals surface area contributed by atoms with Crippen LogP contribution in [0.25, 0.3) is 0 Å². The van der Waals surface area contributed by atoms with Crippen molar-refractivity contribution in [3.05, 3.63) is 53.1 Å². The van der Waals surface area contributed by atoms with E-state index in [4.69, 9.17) is 16.3 Å². The van der Waals surface area contributed by atoms with E-state index >= 15 is 0 Å². The maximum atomic E-state index is 13.9. The van der Waals surface area contributed by atoms with Crippen molar-refractivity contribution in [1.82, 2.24) is 10.3 Å². The predicted molar refractivity (Wildman–Crippen MR) is 82.3 cm³/mol. The molecule has 0 saturated heterocycles. The fraction of sp³-hybridized carbons (Fsp3) is 0.312. The van der Waals surface area contributed by atoms with Crippen molar-refractivity contribution in [3.8, 4) is 11.5 Å². The molecule has 0 amide bonds. The summed E-state index contributed by atoms with van der Waals surface area (Å²) in [7, 11) is 0. The molecule has 0 atom stereocenters. The second-order valence-corrected chi connectivity index (χ2v) is 5.57. The summed E-state index contributed by atoms with van der Waals surface area (Å²) in [4.78, 5) is 4.08. The highest BCUT2D eigenvalue weighted by atomic mass is 35.5. The Morgan fingerprint density at radius 3 is 2.86 bits per heavy atom. The molecule has 112 valence electrons. The molecule has 1 aromatic carbocycles. The standard InChI is InChI=1S/C16H18ClFN2O/c1-11(2)8-20-10-12-9-19-7-6-14(12)21-15-5-3-4-13(17)16(15)18/h3-7,9,11,20H,8,10H2,1-2H3. The first-order chi connectivity index (χ1) is 10.1. The Morgan fingerprint density at radius 2 is 2.10 bits per heavy atom. The van der Waals surface area contributed by atoms with Crippen LogP contribution in [0.1, 0.15) is 19.4 Å². The fourth-order valence-corrected chi connectivity index (χ4v) is 1.99. The van der Waals surface area contributed by atoms with Gasteiger partial charge < -0.3 is 10.1 Å². The number of nitrogens with one attached hydrogen (secondary N) is 1. The maximum Gasteiger partial charge on any atom is 0.184 e. The minimum Gasteiger partial charge on any atom is -0.454 e.